The topological polar surface area (TPSA) is 85.3 Å². The second-order valence-electron chi connectivity index (χ2n) is 8.52. The van der Waals surface area contributed by atoms with E-state index in [1.54, 1.807) is 38.5 Å². The molecular formula is C29H33NO6. The number of rotatable bonds is 12. The number of ether oxygens (including phenoxy) is 3. The first-order valence-corrected chi connectivity index (χ1v) is 11.9. The summed E-state index contributed by atoms with van der Waals surface area (Å²) < 4.78 is 16.2. The number of carbonyl (C=O) groups is 2. The quantitative estimate of drug-likeness (QED) is 0.370. The van der Waals surface area contributed by atoms with E-state index < -0.39 is 12.6 Å². The summed E-state index contributed by atoms with van der Waals surface area (Å²) in [4.78, 5) is 26.4. The van der Waals surface area contributed by atoms with Crippen molar-refractivity contribution in [2.75, 3.05) is 27.4 Å². The lowest BCUT2D eigenvalue weighted by Gasteiger charge is -2.30. The molecule has 0 aromatic heterocycles. The summed E-state index contributed by atoms with van der Waals surface area (Å²) in [5, 5.41) is 8.83. The molecule has 7 heteroatoms. The number of carboxylic acid groups (broad SMARTS) is 1. The van der Waals surface area contributed by atoms with E-state index in [2.05, 4.69) is 12.1 Å². The van der Waals surface area contributed by atoms with Gasteiger partial charge in [0.05, 0.1) is 20.3 Å². The van der Waals surface area contributed by atoms with E-state index in [9.17, 15) is 9.59 Å². The van der Waals surface area contributed by atoms with E-state index >= 15 is 0 Å². The molecular weight excluding hydrogens is 458 g/mol. The lowest BCUT2D eigenvalue weighted by Crippen LogP contribution is -2.35. The van der Waals surface area contributed by atoms with Crippen molar-refractivity contribution in [2.24, 2.45) is 0 Å². The van der Waals surface area contributed by atoms with Gasteiger partial charge < -0.3 is 24.2 Å². The summed E-state index contributed by atoms with van der Waals surface area (Å²) in [6.45, 7) is 4.01. The Morgan fingerprint density at radius 3 is 2.11 bits per heavy atom. The minimum absolute atomic E-state index is 0.127. The van der Waals surface area contributed by atoms with Crippen LogP contribution in [-0.2, 0) is 11.2 Å². The number of carbonyl (C=O) groups excluding carboxylic acids is 1. The van der Waals surface area contributed by atoms with Crippen molar-refractivity contribution in [3.63, 3.8) is 0 Å². The van der Waals surface area contributed by atoms with Crippen molar-refractivity contribution in [1.29, 1.82) is 0 Å². The van der Waals surface area contributed by atoms with Crippen LogP contribution in [0.3, 0.4) is 0 Å². The molecule has 36 heavy (non-hydrogen) atoms. The van der Waals surface area contributed by atoms with Gasteiger partial charge in [-0.2, -0.15) is 0 Å². The lowest BCUT2D eigenvalue weighted by atomic mass is 10.0. The highest BCUT2D eigenvalue weighted by atomic mass is 16.5. The van der Waals surface area contributed by atoms with Crippen molar-refractivity contribution < 1.29 is 28.9 Å². The molecule has 0 saturated heterocycles. The van der Waals surface area contributed by atoms with E-state index in [0.29, 0.717) is 29.4 Å². The largest absolute Gasteiger partial charge is 0.496 e. The zero-order valence-corrected chi connectivity index (χ0v) is 21.2. The Hall–Kier alpha value is -4.00. The van der Waals surface area contributed by atoms with Gasteiger partial charge in [-0.15, -0.1) is 0 Å². The molecule has 0 aliphatic carbocycles. The average Bonchev–Trinajstić information content (AvgIpc) is 2.90. The van der Waals surface area contributed by atoms with Gasteiger partial charge in [-0.25, -0.2) is 4.79 Å². The van der Waals surface area contributed by atoms with E-state index in [4.69, 9.17) is 19.3 Å². The number of nitrogens with zero attached hydrogens (tertiary/aromatic N) is 1. The van der Waals surface area contributed by atoms with Gasteiger partial charge in [0.25, 0.3) is 5.91 Å². The van der Waals surface area contributed by atoms with Crippen molar-refractivity contribution in [2.45, 2.75) is 32.7 Å². The summed E-state index contributed by atoms with van der Waals surface area (Å²) in [7, 11) is 3.15. The van der Waals surface area contributed by atoms with Crippen LogP contribution >= 0.6 is 0 Å². The number of methoxy groups -OCH3 is 2. The SMILES string of the molecule is COc1cc(C(=O)N(CCCc2ccccc2)C(C)c2ccc(OCC(=O)O)cc2)cc(OC)c1C. The first-order valence-electron chi connectivity index (χ1n) is 11.9. The number of benzene rings is 3. The number of amides is 1. The second kappa shape index (κ2) is 12.6. The first kappa shape index (κ1) is 26.6. The van der Waals surface area contributed by atoms with E-state index in [-0.39, 0.29) is 11.9 Å². The average molecular weight is 492 g/mol. The maximum absolute atomic E-state index is 13.8. The Morgan fingerprint density at radius 2 is 1.56 bits per heavy atom. The Bertz CT molecular complexity index is 1140. The molecule has 0 fully saturated rings. The van der Waals surface area contributed by atoms with Crippen LogP contribution in [0.5, 0.6) is 17.2 Å². The Morgan fingerprint density at radius 1 is 0.944 bits per heavy atom. The fraction of sp³-hybridized carbons (Fsp3) is 0.310. The molecule has 1 N–H and O–H groups in total. The first-order chi connectivity index (χ1) is 17.3. The van der Waals surface area contributed by atoms with Gasteiger partial charge in [0.15, 0.2) is 6.61 Å². The van der Waals surface area contributed by atoms with Gasteiger partial charge in [0.1, 0.15) is 17.2 Å². The molecule has 0 aliphatic heterocycles. The van der Waals surface area contributed by atoms with E-state index in [1.165, 1.54) is 5.56 Å². The molecule has 3 aromatic rings. The lowest BCUT2D eigenvalue weighted by molar-refractivity contribution is -0.139. The van der Waals surface area contributed by atoms with Crippen LogP contribution in [0.2, 0.25) is 0 Å². The normalized spacial score (nSPS) is 11.4. The number of hydrogen-bond acceptors (Lipinski definition) is 5. The maximum atomic E-state index is 13.8. The van der Waals surface area contributed by atoms with Crippen LogP contribution in [0.15, 0.2) is 66.7 Å². The zero-order chi connectivity index (χ0) is 26.1. The number of aryl methyl sites for hydroxylation is 1. The minimum atomic E-state index is -1.04. The highest BCUT2D eigenvalue weighted by Crippen LogP contribution is 2.32. The van der Waals surface area contributed by atoms with Crippen molar-refractivity contribution in [3.05, 3.63) is 89.0 Å². The molecule has 0 spiro atoms. The third kappa shape index (κ3) is 6.78. The Kier molecular flexibility index (Phi) is 9.33. The molecule has 1 atom stereocenters. The smallest absolute Gasteiger partial charge is 0.341 e. The fourth-order valence-electron chi connectivity index (χ4n) is 4.11. The van der Waals surface area contributed by atoms with Gasteiger partial charge in [0.2, 0.25) is 0 Å². The molecule has 1 unspecified atom stereocenters. The predicted octanol–water partition coefficient (Wildman–Crippen LogP) is 5.31. The summed E-state index contributed by atoms with van der Waals surface area (Å²) >= 11 is 0. The maximum Gasteiger partial charge on any atom is 0.341 e. The number of hydrogen-bond donors (Lipinski definition) is 1. The van der Waals surface area contributed by atoms with Crippen LogP contribution in [0.1, 0.15) is 46.4 Å². The second-order valence-corrected chi connectivity index (χ2v) is 8.52. The summed E-state index contributed by atoms with van der Waals surface area (Å²) in [5.74, 6) is 0.484. The van der Waals surface area contributed by atoms with Gasteiger partial charge >= 0.3 is 5.97 Å². The zero-order valence-electron chi connectivity index (χ0n) is 21.2. The van der Waals surface area contributed by atoms with Gasteiger partial charge in [-0.3, -0.25) is 4.79 Å². The monoisotopic (exact) mass is 491 g/mol. The van der Waals surface area contributed by atoms with Crippen LogP contribution in [0.25, 0.3) is 0 Å². The van der Waals surface area contributed by atoms with E-state index in [1.807, 2.05) is 49.1 Å². The van der Waals surface area contributed by atoms with Crippen molar-refractivity contribution in [1.82, 2.24) is 4.90 Å². The Balaban J connectivity index is 1.87. The highest BCUT2D eigenvalue weighted by Gasteiger charge is 2.24. The van der Waals surface area contributed by atoms with Gasteiger partial charge in [0, 0.05) is 17.7 Å². The fourth-order valence-corrected chi connectivity index (χ4v) is 4.11. The molecule has 3 rings (SSSR count). The van der Waals surface area contributed by atoms with Crippen LogP contribution in [-0.4, -0.2) is 49.3 Å². The molecule has 0 radical (unpaired) electrons. The van der Waals surface area contributed by atoms with Crippen molar-refractivity contribution in [3.8, 4) is 17.2 Å². The predicted molar refractivity (Wildman–Crippen MR) is 138 cm³/mol. The standard InChI is InChI=1S/C29H33NO6/c1-20-26(34-3)17-24(18-27(20)35-4)29(33)30(16-8-11-22-9-6-5-7-10-22)21(2)23-12-14-25(15-13-23)36-19-28(31)32/h5-7,9-10,12-15,17-18,21H,8,11,16,19H2,1-4H3,(H,31,32). The van der Waals surface area contributed by atoms with Gasteiger partial charge in [-0.05, 0) is 62.1 Å². The molecule has 190 valence electrons. The third-order valence-corrected chi connectivity index (χ3v) is 6.16. The van der Waals surface area contributed by atoms with Crippen LogP contribution in [0.4, 0.5) is 0 Å². The van der Waals surface area contributed by atoms with Crippen LogP contribution < -0.4 is 14.2 Å². The summed E-state index contributed by atoms with van der Waals surface area (Å²) in [6.07, 6.45) is 1.64. The third-order valence-electron chi connectivity index (χ3n) is 6.16. The Labute approximate surface area is 212 Å². The van der Waals surface area contributed by atoms with Crippen molar-refractivity contribution >= 4 is 11.9 Å². The number of carboxylic acids is 1. The number of aliphatic carboxylic acids is 1. The molecule has 3 aromatic carbocycles. The molecule has 0 bridgehead atoms. The van der Waals surface area contributed by atoms with E-state index in [0.717, 1.165) is 24.0 Å². The summed E-state index contributed by atoms with van der Waals surface area (Å²) in [5.41, 5.74) is 3.45. The van der Waals surface area contributed by atoms with Gasteiger partial charge in [-0.1, -0.05) is 42.5 Å². The highest BCUT2D eigenvalue weighted by molar-refractivity contribution is 5.95. The molecule has 0 saturated carbocycles. The summed E-state index contributed by atoms with van der Waals surface area (Å²) in [6, 6.07) is 20.6. The molecule has 7 nitrogen and oxygen atoms in total. The molecule has 1 amide bonds. The minimum Gasteiger partial charge on any atom is -0.496 e. The molecule has 0 heterocycles. The van der Waals surface area contributed by atoms with Crippen LogP contribution in [0, 0.1) is 6.92 Å². The molecule has 0 aliphatic rings.